The summed E-state index contributed by atoms with van der Waals surface area (Å²) in [4.78, 5) is 29.3. The number of ether oxygens (including phenoxy) is 1. The van der Waals surface area contributed by atoms with Crippen LogP contribution in [0.25, 0.3) is 0 Å². The van der Waals surface area contributed by atoms with Crippen LogP contribution >= 0.6 is 0 Å². The fourth-order valence-corrected chi connectivity index (χ4v) is 5.18. The van der Waals surface area contributed by atoms with Crippen LogP contribution in [0.15, 0.2) is 16.5 Å². The molecule has 2 bridgehead atoms. The zero-order valence-corrected chi connectivity index (χ0v) is 14.0. The predicted octanol–water partition coefficient (Wildman–Crippen LogP) is 1.80. The number of hydrogen-bond donors (Lipinski definition) is 0. The van der Waals surface area contributed by atoms with E-state index >= 15 is 0 Å². The van der Waals surface area contributed by atoms with Gasteiger partial charge >= 0.3 is 0 Å². The number of fused-ring (bicyclic) bond motifs is 1. The van der Waals surface area contributed by atoms with E-state index in [0.29, 0.717) is 32.2 Å². The normalized spacial score (nSPS) is 36.3. The lowest BCUT2D eigenvalue weighted by Gasteiger charge is -2.39. The Bertz CT molecular complexity index is 736. The zero-order valence-electron chi connectivity index (χ0n) is 14.0. The minimum Gasteiger partial charge on any atom is -0.426 e. The van der Waals surface area contributed by atoms with Crippen molar-refractivity contribution in [1.29, 1.82) is 0 Å². The van der Waals surface area contributed by atoms with E-state index in [1.807, 2.05) is 4.90 Å². The average molecular weight is 348 g/mol. The van der Waals surface area contributed by atoms with E-state index in [0.717, 1.165) is 38.2 Å². The average Bonchev–Trinajstić information content (AvgIpc) is 3.36. The van der Waals surface area contributed by atoms with Crippen LogP contribution in [0.3, 0.4) is 0 Å². The molecule has 5 fully saturated rings. The first-order valence-corrected chi connectivity index (χ1v) is 9.02. The zero-order chi connectivity index (χ0) is 17.2. The van der Waals surface area contributed by atoms with E-state index in [1.165, 1.54) is 6.07 Å². The van der Waals surface area contributed by atoms with Gasteiger partial charge in [-0.25, -0.2) is 0 Å². The number of nitrogens with zero attached hydrogens (tertiary/aromatic N) is 2. The van der Waals surface area contributed by atoms with Gasteiger partial charge in [-0.1, -0.05) is 0 Å². The minimum absolute atomic E-state index is 0.0307. The molecular weight excluding hydrogens is 327 g/mol. The molecule has 6 rings (SSSR count). The van der Waals surface area contributed by atoms with E-state index in [9.17, 15) is 14.0 Å². The summed E-state index contributed by atoms with van der Waals surface area (Å²) in [6, 6.07) is 1.78. The summed E-state index contributed by atoms with van der Waals surface area (Å²) in [5.41, 5.74) is -0.942. The largest absolute Gasteiger partial charge is 0.426 e. The highest BCUT2D eigenvalue weighted by Gasteiger charge is 2.60. The van der Waals surface area contributed by atoms with E-state index in [2.05, 4.69) is 0 Å². The number of rotatable bonds is 2. The number of amides is 2. The third-order valence-corrected chi connectivity index (χ3v) is 6.47. The molecule has 134 valence electrons. The molecule has 1 spiro atoms. The van der Waals surface area contributed by atoms with Crippen LogP contribution in [0.4, 0.5) is 4.39 Å². The fourth-order valence-electron chi connectivity index (χ4n) is 5.18. The molecule has 4 aliphatic heterocycles. The van der Waals surface area contributed by atoms with Gasteiger partial charge in [0.2, 0.25) is 0 Å². The lowest BCUT2D eigenvalue weighted by Crippen LogP contribution is -2.55. The number of likely N-dealkylation sites (tertiary alicyclic amines) is 2. The molecule has 1 saturated carbocycles. The van der Waals surface area contributed by atoms with Crippen molar-refractivity contribution in [1.82, 2.24) is 9.80 Å². The Labute approximate surface area is 144 Å². The van der Waals surface area contributed by atoms with Crippen LogP contribution in [0, 0.1) is 11.9 Å². The molecule has 2 amide bonds. The van der Waals surface area contributed by atoms with Gasteiger partial charge in [-0.05, 0) is 44.1 Å². The highest BCUT2D eigenvalue weighted by Crippen LogP contribution is 2.50. The second kappa shape index (κ2) is 5.06. The first-order chi connectivity index (χ1) is 12.0. The molecule has 1 aliphatic carbocycles. The fraction of sp³-hybridized carbons (Fsp3) is 0.667. The topological polar surface area (TPSA) is 63.0 Å². The van der Waals surface area contributed by atoms with Crippen molar-refractivity contribution < 1.29 is 23.1 Å². The Balaban J connectivity index is 1.34. The lowest BCUT2D eigenvalue weighted by atomic mass is 9.74. The van der Waals surface area contributed by atoms with E-state index < -0.39 is 11.6 Å². The van der Waals surface area contributed by atoms with Gasteiger partial charge in [0.25, 0.3) is 17.8 Å². The van der Waals surface area contributed by atoms with Crippen LogP contribution in [0.2, 0.25) is 0 Å². The Morgan fingerprint density at radius 1 is 1.20 bits per heavy atom. The van der Waals surface area contributed by atoms with Crippen molar-refractivity contribution in [2.45, 2.75) is 43.2 Å². The van der Waals surface area contributed by atoms with Crippen molar-refractivity contribution in [2.75, 3.05) is 26.2 Å². The van der Waals surface area contributed by atoms with Crippen LogP contribution in [0.1, 0.15) is 42.7 Å². The molecule has 4 saturated heterocycles. The second-order valence-electron chi connectivity index (χ2n) is 7.94. The van der Waals surface area contributed by atoms with Crippen LogP contribution < -0.4 is 0 Å². The van der Waals surface area contributed by atoms with E-state index in [4.69, 9.17) is 9.15 Å². The standard InChI is InChI=1S/C18H21FN2O4/c19-14-3-2-13(25-14)15(22)21-6-1-4-17(21)5-7-20(11-17)16(23)18-8-12(9-18)10-24-18/h2-3,12H,1,4-11H2. The SMILES string of the molecule is O=C(c1ccc(F)o1)N1CCCC12CCN(C(=O)C13CC(CO1)C3)C2. The highest BCUT2D eigenvalue weighted by molar-refractivity contribution is 5.92. The van der Waals surface area contributed by atoms with Gasteiger partial charge in [-0.15, -0.1) is 0 Å². The molecule has 5 aliphatic rings. The number of carbonyl (C=O) groups is 2. The van der Waals surface area contributed by atoms with Crippen molar-refractivity contribution in [3.05, 3.63) is 23.9 Å². The Hall–Kier alpha value is -1.89. The molecule has 7 heteroatoms. The summed E-state index contributed by atoms with van der Waals surface area (Å²) in [6.45, 7) is 2.49. The molecule has 1 aromatic heterocycles. The summed E-state index contributed by atoms with van der Waals surface area (Å²) in [7, 11) is 0. The van der Waals surface area contributed by atoms with Crippen molar-refractivity contribution >= 4 is 11.8 Å². The Morgan fingerprint density at radius 3 is 2.72 bits per heavy atom. The number of furan rings is 1. The number of carbonyl (C=O) groups excluding carboxylic acids is 2. The van der Waals surface area contributed by atoms with Gasteiger partial charge in [0, 0.05) is 25.7 Å². The maximum atomic E-state index is 13.1. The summed E-state index contributed by atoms with van der Waals surface area (Å²) in [6.07, 6.45) is 4.18. The molecule has 25 heavy (non-hydrogen) atoms. The maximum Gasteiger partial charge on any atom is 0.290 e. The molecule has 0 radical (unpaired) electrons. The van der Waals surface area contributed by atoms with Crippen molar-refractivity contribution in [2.24, 2.45) is 5.92 Å². The second-order valence-corrected chi connectivity index (χ2v) is 7.94. The van der Waals surface area contributed by atoms with Gasteiger partial charge in [0.1, 0.15) is 5.60 Å². The quantitative estimate of drug-likeness (QED) is 0.818. The molecule has 1 aromatic rings. The van der Waals surface area contributed by atoms with Gasteiger partial charge in [-0.2, -0.15) is 4.39 Å². The van der Waals surface area contributed by atoms with E-state index in [1.54, 1.807) is 4.90 Å². The molecule has 5 heterocycles. The monoisotopic (exact) mass is 348 g/mol. The van der Waals surface area contributed by atoms with E-state index in [-0.39, 0.29) is 23.1 Å². The van der Waals surface area contributed by atoms with Crippen LogP contribution in [-0.4, -0.2) is 59.0 Å². The highest BCUT2D eigenvalue weighted by atomic mass is 19.1. The first kappa shape index (κ1) is 15.4. The molecule has 0 aromatic carbocycles. The summed E-state index contributed by atoms with van der Waals surface area (Å²) < 4.78 is 23.8. The maximum absolute atomic E-state index is 13.1. The Kier molecular flexibility index (Phi) is 3.11. The van der Waals surface area contributed by atoms with Crippen molar-refractivity contribution in [3.63, 3.8) is 0 Å². The molecule has 1 unspecified atom stereocenters. The third kappa shape index (κ3) is 2.11. The minimum atomic E-state index is -0.753. The molecule has 0 N–H and O–H groups in total. The van der Waals surface area contributed by atoms with Gasteiger partial charge in [0.15, 0.2) is 5.76 Å². The summed E-state index contributed by atoms with van der Waals surface area (Å²) in [5.74, 6) is 0.373. The van der Waals surface area contributed by atoms with Crippen molar-refractivity contribution in [3.8, 4) is 0 Å². The predicted molar refractivity (Wildman–Crippen MR) is 84.3 cm³/mol. The smallest absolute Gasteiger partial charge is 0.290 e. The molecular formula is C18H21FN2O4. The number of halogens is 1. The first-order valence-electron chi connectivity index (χ1n) is 9.02. The summed E-state index contributed by atoms with van der Waals surface area (Å²) >= 11 is 0. The summed E-state index contributed by atoms with van der Waals surface area (Å²) in [5, 5.41) is 0. The van der Waals surface area contributed by atoms with Gasteiger partial charge in [-0.3, -0.25) is 9.59 Å². The van der Waals surface area contributed by atoms with Gasteiger partial charge in [0.05, 0.1) is 12.1 Å². The molecule has 1 atom stereocenters. The Morgan fingerprint density at radius 2 is 2.04 bits per heavy atom. The van der Waals surface area contributed by atoms with Gasteiger partial charge < -0.3 is 19.0 Å². The van der Waals surface area contributed by atoms with Crippen LogP contribution in [-0.2, 0) is 9.53 Å². The molecule has 6 nitrogen and oxygen atoms in total. The number of hydrogen-bond acceptors (Lipinski definition) is 4. The lowest BCUT2D eigenvalue weighted by molar-refractivity contribution is -0.154. The third-order valence-electron chi connectivity index (χ3n) is 6.47. The van der Waals surface area contributed by atoms with Crippen LogP contribution in [0.5, 0.6) is 0 Å².